The second-order valence-corrected chi connectivity index (χ2v) is 4.86. The Bertz CT molecular complexity index is 286. The van der Waals surface area contributed by atoms with E-state index in [2.05, 4.69) is 31.3 Å². The van der Waals surface area contributed by atoms with Gasteiger partial charge >= 0.3 is 0 Å². The molecule has 0 amide bonds. The predicted molar refractivity (Wildman–Crippen MR) is 72.4 cm³/mol. The van der Waals surface area contributed by atoms with Gasteiger partial charge in [-0.05, 0) is 30.0 Å². The van der Waals surface area contributed by atoms with Crippen LogP contribution in [0.15, 0.2) is 24.3 Å². The third kappa shape index (κ3) is 4.06. The Morgan fingerprint density at radius 2 is 1.94 bits per heavy atom. The molecule has 0 fully saturated rings. The molecule has 1 unspecified atom stereocenters. The Morgan fingerprint density at radius 3 is 2.44 bits per heavy atom. The fourth-order valence-corrected chi connectivity index (χ4v) is 2.37. The highest BCUT2D eigenvalue weighted by Gasteiger charge is 2.09. The molecule has 0 aliphatic carbocycles. The first-order valence-corrected chi connectivity index (χ1v) is 6.92. The Morgan fingerprint density at radius 1 is 1.25 bits per heavy atom. The topological polar surface area (TPSA) is 21.3 Å². The number of thioether (sulfide) groups is 1. The molecule has 1 aromatic rings. The zero-order valence-corrected chi connectivity index (χ0v) is 11.1. The van der Waals surface area contributed by atoms with Crippen LogP contribution in [-0.2, 0) is 0 Å². The van der Waals surface area contributed by atoms with Gasteiger partial charge in [-0.15, -0.1) is 0 Å². The van der Waals surface area contributed by atoms with Gasteiger partial charge in [0.05, 0.1) is 7.11 Å². The van der Waals surface area contributed by atoms with Crippen molar-refractivity contribution < 1.29 is 4.74 Å². The van der Waals surface area contributed by atoms with Crippen LogP contribution >= 0.6 is 11.8 Å². The standard InChI is InChI=1S/C13H21NOS/c1-4-14-13(10-16-5-2)11-6-8-12(15-3)9-7-11/h6-9,13-14H,4-5,10H2,1-3H3. The molecule has 0 aliphatic heterocycles. The molecule has 1 N–H and O–H groups in total. The quantitative estimate of drug-likeness (QED) is 0.790. The van der Waals surface area contributed by atoms with E-state index in [0.29, 0.717) is 6.04 Å². The highest BCUT2D eigenvalue weighted by Crippen LogP contribution is 2.21. The number of hydrogen-bond acceptors (Lipinski definition) is 3. The average Bonchev–Trinajstić information content (AvgIpc) is 2.35. The fraction of sp³-hybridized carbons (Fsp3) is 0.538. The number of rotatable bonds is 7. The van der Waals surface area contributed by atoms with Crippen molar-refractivity contribution in [3.63, 3.8) is 0 Å². The summed E-state index contributed by atoms with van der Waals surface area (Å²) in [5.41, 5.74) is 1.34. The van der Waals surface area contributed by atoms with Crippen LogP contribution in [0.5, 0.6) is 5.75 Å². The third-order valence-corrected chi connectivity index (χ3v) is 3.43. The predicted octanol–water partition coefficient (Wildman–Crippen LogP) is 3.10. The molecule has 0 heterocycles. The summed E-state index contributed by atoms with van der Waals surface area (Å²) in [5.74, 6) is 3.21. The lowest BCUT2D eigenvalue weighted by Gasteiger charge is -2.18. The van der Waals surface area contributed by atoms with Crippen LogP contribution in [-0.4, -0.2) is 25.2 Å². The molecule has 0 radical (unpaired) electrons. The zero-order valence-electron chi connectivity index (χ0n) is 10.3. The van der Waals surface area contributed by atoms with Crippen molar-refractivity contribution >= 4 is 11.8 Å². The maximum atomic E-state index is 5.16. The minimum Gasteiger partial charge on any atom is -0.497 e. The lowest BCUT2D eigenvalue weighted by atomic mass is 10.1. The van der Waals surface area contributed by atoms with Crippen molar-refractivity contribution in [1.82, 2.24) is 5.32 Å². The van der Waals surface area contributed by atoms with Crippen LogP contribution in [0.1, 0.15) is 25.5 Å². The minimum atomic E-state index is 0.445. The van der Waals surface area contributed by atoms with Gasteiger partial charge < -0.3 is 10.1 Å². The SMILES string of the molecule is CCNC(CSCC)c1ccc(OC)cc1. The first-order chi connectivity index (χ1) is 7.81. The molecule has 1 rings (SSSR count). The van der Waals surface area contributed by atoms with E-state index in [0.717, 1.165) is 23.8 Å². The smallest absolute Gasteiger partial charge is 0.118 e. The first-order valence-electron chi connectivity index (χ1n) is 5.76. The Hall–Kier alpha value is -0.670. The van der Waals surface area contributed by atoms with Gasteiger partial charge in [-0.25, -0.2) is 0 Å². The lowest BCUT2D eigenvalue weighted by Crippen LogP contribution is -2.22. The van der Waals surface area contributed by atoms with Crippen LogP contribution < -0.4 is 10.1 Å². The molecule has 0 spiro atoms. The molecule has 0 bridgehead atoms. The summed E-state index contributed by atoms with van der Waals surface area (Å²) in [6, 6.07) is 8.78. The largest absolute Gasteiger partial charge is 0.497 e. The summed E-state index contributed by atoms with van der Waals surface area (Å²) < 4.78 is 5.16. The molecular weight excluding hydrogens is 218 g/mol. The molecule has 0 saturated carbocycles. The minimum absolute atomic E-state index is 0.445. The maximum absolute atomic E-state index is 5.16. The van der Waals surface area contributed by atoms with Crippen LogP contribution in [0.4, 0.5) is 0 Å². The number of ether oxygens (including phenoxy) is 1. The maximum Gasteiger partial charge on any atom is 0.118 e. The summed E-state index contributed by atoms with van der Waals surface area (Å²) in [6.45, 7) is 5.34. The van der Waals surface area contributed by atoms with Gasteiger partial charge in [-0.2, -0.15) is 11.8 Å². The van der Waals surface area contributed by atoms with Crippen LogP contribution in [0.25, 0.3) is 0 Å². The second kappa shape index (κ2) is 7.58. The third-order valence-electron chi connectivity index (χ3n) is 2.46. The van der Waals surface area contributed by atoms with Crippen LogP contribution in [0, 0.1) is 0 Å². The normalized spacial score (nSPS) is 12.4. The highest BCUT2D eigenvalue weighted by atomic mass is 32.2. The lowest BCUT2D eigenvalue weighted by molar-refractivity contribution is 0.414. The van der Waals surface area contributed by atoms with Crippen molar-refractivity contribution in [2.24, 2.45) is 0 Å². The molecular formula is C13H21NOS. The van der Waals surface area contributed by atoms with Crippen molar-refractivity contribution in [3.05, 3.63) is 29.8 Å². The molecule has 3 heteroatoms. The van der Waals surface area contributed by atoms with E-state index in [1.807, 2.05) is 23.9 Å². The fourth-order valence-electron chi connectivity index (χ4n) is 1.59. The summed E-state index contributed by atoms with van der Waals surface area (Å²) >= 11 is 1.97. The number of nitrogens with one attached hydrogen (secondary N) is 1. The summed E-state index contributed by atoms with van der Waals surface area (Å²) in [5, 5.41) is 3.51. The van der Waals surface area contributed by atoms with E-state index in [1.54, 1.807) is 7.11 Å². The second-order valence-electron chi connectivity index (χ2n) is 3.54. The molecule has 0 aromatic heterocycles. The Labute approximate surface area is 103 Å². The first kappa shape index (κ1) is 13.4. The summed E-state index contributed by atoms with van der Waals surface area (Å²) in [4.78, 5) is 0. The van der Waals surface area contributed by atoms with E-state index in [-0.39, 0.29) is 0 Å². The molecule has 90 valence electrons. The van der Waals surface area contributed by atoms with Crippen molar-refractivity contribution in [2.45, 2.75) is 19.9 Å². The zero-order chi connectivity index (χ0) is 11.8. The van der Waals surface area contributed by atoms with E-state index >= 15 is 0 Å². The summed E-state index contributed by atoms with van der Waals surface area (Å²) in [6.07, 6.45) is 0. The van der Waals surface area contributed by atoms with E-state index < -0.39 is 0 Å². The molecule has 1 atom stereocenters. The van der Waals surface area contributed by atoms with Crippen molar-refractivity contribution in [2.75, 3.05) is 25.2 Å². The van der Waals surface area contributed by atoms with Gasteiger partial charge in [0.15, 0.2) is 0 Å². The van der Waals surface area contributed by atoms with E-state index in [4.69, 9.17) is 4.74 Å². The molecule has 0 saturated heterocycles. The average molecular weight is 239 g/mol. The van der Waals surface area contributed by atoms with Crippen LogP contribution in [0.3, 0.4) is 0 Å². The van der Waals surface area contributed by atoms with Gasteiger partial charge in [-0.3, -0.25) is 0 Å². The molecule has 16 heavy (non-hydrogen) atoms. The van der Waals surface area contributed by atoms with Crippen molar-refractivity contribution in [3.8, 4) is 5.75 Å². The number of hydrogen-bond donors (Lipinski definition) is 1. The van der Waals surface area contributed by atoms with Gasteiger partial charge in [0.25, 0.3) is 0 Å². The number of methoxy groups -OCH3 is 1. The van der Waals surface area contributed by atoms with Gasteiger partial charge in [0.1, 0.15) is 5.75 Å². The highest BCUT2D eigenvalue weighted by molar-refractivity contribution is 7.99. The Balaban J connectivity index is 2.67. The monoisotopic (exact) mass is 239 g/mol. The molecule has 1 aromatic carbocycles. The number of benzene rings is 1. The summed E-state index contributed by atoms with van der Waals surface area (Å²) in [7, 11) is 1.70. The van der Waals surface area contributed by atoms with Gasteiger partial charge in [0, 0.05) is 11.8 Å². The van der Waals surface area contributed by atoms with Crippen LogP contribution in [0.2, 0.25) is 0 Å². The molecule has 2 nitrogen and oxygen atoms in total. The van der Waals surface area contributed by atoms with Crippen molar-refractivity contribution in [1.29, 1.82) is 0 Å². The van der Waals surface area contributed by atoms with E-state index in [9.17, 15) is 0 Å². The van der Waals surface area contributed by atoms with Gasteiger partial charge in [-0.1, -0.05) is 26.0 Å². The van der Waals surface area contributed by atoms with Gasteiger partial charge in [0.2, 0.25) is 0 Å². The Kier molecular flexibility index (Phi) is 6.34. The molecule has 0 aliphatic rings. The van der Waals surface area contributed by atoms with E-state index in [1.165, 1.54) is 5.56 Å².